The van der Waals surface area contributed by atoms with E-state index in [0.29, 0.717) is 26.2 Å². The third-order valence-electron chi connectivity index (χ3n) is 2.61. The minimum absolute atomic E-state index is 0.0174. The lowest BCUT2D eigenvalue weighted by atomic mass is 10.2. The van der Waals surface area contributed by atoms with Crippen molar-refractivity contribution in [1.82, 2.24) is 14.3 Å². The van der Waals surface area contributed by atoms with Crippen molar-refractivity contribution in [2.45, 2.75) is 25.9 Å². The van der Waals surface area contributed by atoms with Gasteiger partial charge in [0.15, 0.2) is 0 Å². The number of ether oxygens (including phenoxy) is 1. The van der Waals surface area contributed by atoms with E-state index in [1.165, 1.54) is 4.31 Å². The fourth-order valence-corrected chi connectivity index (χ4v) is 3.15. The Balaban J connectivity index is 2.58. The van der Waals surface area contributed by atoms with Crippen LogP contribution < -0.4 is 10.0 Å². The Hall–Kier alpha value is -0.210. The summed E-state index contributed by atoms with van der Waals surface area (Å²) in [4.78, 5) is 0. The standard InChI is InChI=1S/C9H21N3O3S/c1-8-7-12(9(2)6-10-8)16(13,14)11-4-5-15-3/h8-11H,4-7H2,1-3H3. The third-order valence-corrected chi connectivity index (χ3v) is 4.30. The molecule has 6 nitrogen and oxygen atoms in total. The maximum absolute atomic E-state index is 11.9. The van der Waals surface area contributed by atoms with Crippen LogP contribution in [-0.2, 0) is 14.9 Å². The average molecular weight is 251 g/mol. The average Bonchev–Trinajstić information content (AvgIpc) is 2.22. The highest BCUT2D eigenvalue weighted by atomic mass is 32.2. The Bertz CT molecular complexity index is 307. The lowest BCUT2D eigenvalue weighted by Crippen LogP contribution is -2.58. The van der Waals surface area contributed by atoms with Gasteiger partial charge < -0.3 is 10.1 Å². The van der Waals surface area contributed by atoms with E-state index < -0.39 is 10.2 Å². The van der Waals surface area contributed by atoms with E-state index in [-0.39, 0.29) is 12.1 Å². The van der Waals surface area contributed by atoms with Gasteiger partial charge in [-0.1, -0.05) is 0 Å². The quantitative estimate of drug-likeness (QED) is 0.624. The molecule has 2 atom stereocenters. The summed E-state index contributed by atoms with van der Waals surface area (Å²) in [7, 11) is -1.83. The second-order valence-corrected chi connectivity index (χ2v) is 5.83. The monoisotopic (exact) mass is 251 g/mol. The topological polar surface area (TPSA) is 70.7 Å². The van der Waals surface area contributed by atoms with Gasteiger partial charge in [-0.3, -0.25) is 0 Å². The number of piperazine rings is 1. The van der Waals surface area contributed by atoms with Gasteiger partial charge in [0, 0.05) is 38.8 Å². The summed E-state index contributed by atoms with van der Waals surface area (Å²) in [5.74, 6) is 0. The molecule has 1 aliphatic heterocycles. The van der Waals surface area contributed by atoms with Crippen LogP contribution in [0.3, 0.4) is 0 Å². The van der Waals surface area contributed by atoms with Crippen LogP contribution in [0.2, 0.25) is 0 Å². The van der Waals surface area contributed by atoms with Crippen molar-refractivity contribution in [1.29, 1.82) is 0 Å². The van der Waals surface area contributed by atoms with E-state index in [1.807, 2.05) is 13.8 Å². The molecule has 1 rings (SSSR count). The predicted molar refractivity (Wildman–Crippen MR) is 62.4 cm³/mol. The second-order valence-electron chi connectivity index (χ2n) is 4.12. The maximum atomic E-state index is 11.9. The predicted octanol–water partition coefficient (Wildman–Crippen LogP) is -0.851. The molecule has 16 heavy (non-hydrogen) atoms. The Morgan fingerprint density at radius 3 is 2.81 bits per heavy atom. The van der Waals surface area contributed by atoms with Crippen LogP contribution in [0.5, 0.6) is 0 Å². The van der Waals surface area contributed by atoms with Gasteiger partial charge in [-0.2, -0.15) is 17.4 Å². The van der Waals surface area contributed by atoms with E-state index in [1.54, 1.807) is 7.11 Å². The van der Waals surface area contributed by atoms with Crippen LogP contribution in [0.25, 0.3) is 0 Å². The summed E-state index contributed by atoms with van der Waals surface area (Å²) >= 11 is 0. The highest BCUT2D eigenvalue weighted by molar-refractivity contribution is 7.87. The third kappa shape index (κ3) is 3.67. The first-order valence-electron chi connectivity index (χ1n) is 5.46. The van der Waals surface area contributed by atoms with Gasteiger partial charge >= 0.3 is 0 Å². The van der Waals surface area contributed by atoms with Crippen LogP contribution >= 0.6 is 0 Å². The molecule has 2 unspecified atom stereocenters. The van der Waals surface area contributed by atoms with Gasteiger partial charge in [-0.15, -0.1) is 0 Å². The molecule has 7 heteroatoms. The van der Waals surface area contributed by atoms with E-state index in [0.717, 1.165) is 0 Å². The van der Waals surface area contributed by atoms with Crippen LogP contribution in [0.4, 0.5) is 0 Å². The number of methoxy groups -OCH3 is 1. The molecule has 0 amide bonds. The highest BCUT2D eigenvalue weighted by Gasteiger charge is 2.31. The number of nitrogens with one attached hydrogen (secondary N) is 2. The molecule has 96 valence electrons. The summed E-state index contributed by atoms with van der Waals surface area (Å²) < 4.78 is 32.7. The summed E-state index contributed by atoms with van der Waals surface area (Å²) in [6.45, 7) is 5.76. The molecule has 0 aromatic carbocycles. The molecule has 0 saturated carbocycles. The van der Waals surface area contributed by atoms with Crippen LogP contribution in [0.1, 0.15) is 13.8 Å². The summed E-state index contributed by atoms with van der Waals surface area (Å²) in [5, 5.41) is 3.24. The van der Waals surface area contributed by atoms with Crippen LogP contribution in [0, 0.1) is 0 Å². The van der Waals surface area contributed by atoms with E-state index in [4.69, 9.17) is 4.74 Å². The first kappa shape index (κ1) is 13.9. The number of nitrogens with zero attached hydrogens (tertiary/aromatic N) is 1. The zero-order chi connectivity index (χ0) is 12.2. The molecule has 0 aromatic heterocycles. The molecule has 0 spiro atoms. The Kier molecular flexibility index (Phi) is 5.13. The number of hydrogen-bond acceptors (Lipinski definition) is 4. The van der Waals surface area contributed by atoms with Crippen molar-refractivity contribution in [2.75, 3.05) is 33.4 Å². The molecule has 1 heterocycles. The van der Waals surface area contributed by atoms with Gasteiger partial charge in [0.05, 0.1) is 6.61 Å². The van der Waals surface area contributed by atoms with Crippen molar-refractivity contribution >= 4 is 10.2 Å². The van der Waals surface area contributed by atoms with Gasteiger partial charge in [0.1, 0.15) is 0 Å². The lowest BCUT2D eigenvalue weighted by molar-refractivity contribution is 0.201. The van der Waals surface area contributed by atoms with Crippen LogP contribution in [-0.4, -0.2) is 58.2 Å². The zero-order valence-electron chi connectivity index (χ0n) is 10.1. The first-order chi connectivity index (χ1) is 7.47. The fraction of sp³-hybridized carbons (Fsp3) is 1.00. The Morgan fingerprint density at radius 1 is 1.50 bits per heavy atom. The maximum Gasteiger partial charge on any atom is 0.279 e. The highest BCUT2D eigenvalue weighted by Crippen LogP contribution is 2.10. The van der Waals surface area contributed by atoms with Crippen molar-refractivity contribution in [3.8, 4) is 0 Å². The van der Waals surface area contributed by atoms with E-state index >= 15 is 0 Å². The van der Waals surface area contributed by atoms with Gasteiger partial charge in [-0.25, -0.2) is 0 Å². The van der Waals surface area contributed by atoms with Crippen molar-refractivity contribution < 1.29 is 13.2 Å². The van der Waals surface area contributed by atoms with Crippen LogP contribution in [0.15, 0.2) is 0 Å². The Labute approximate surface area is 97.5 Å². The molecule has 0 aliphatic carbocycles. The molecule has 1 aliphatic rings. The normalized spacial score (nSPS) is 28.2. The molecule has 0 bridgehead atoms. The fourth-order valence-electron chi connectivity index (χ4n) is 1.68. The minimum Gasteiger partial charge on any atom is -0.383 e. The molecule has 0 aromatic rings. The Morgan fingerprint density at radius 2 is 2.19 bits per heavy atom. The molecule has 0 radical (unpaired) electrons. The minimum atomic E-state index is -3.37. The number of rotatable bonds is 5. The summed E-state index contributed by atoms with van der Waals surface area (Å²) in [6, 6.07) is 0.173. The molecular weight excluding hydrogens is 230 g/mol. The molecule has 1 saturated heterocycles. The number of hydrogen-bond donors (Lipinski definition) is 2. The first-order valence-corrected chi connectivity index (χ1v) is 6.90. The van der Waals surface area contributed by atoms with Gasteiger partial charge in [0.25, 0.3) is 10.2 Å². The largest absolute Gasteiger partial charge is 0.383 e. The molecule has 1 fully saturated rings. The van der Waals surface area contributed by atoms with Crippen molar-refractivity contribution in [2.24, 2.45) is 0 Å². The van der Waals surface area contributed by atoms with E-state index in [2.05, 4.69) is 10.0 Å². The summed E-state index contributed by atoms with van der Waals surface area (Å²) in [6.07, 6.45) is 0. The summed E-state index contributed by atoms with van der Waals surface area (Å²) in [5.41, 5.74) is 0. The van der Waals surface area contributed by atoms with Crippen molar-refractivity contribution in [3.63, 3.8) is 0 Å². The molecule has 2 N–H and O–H groups in total. The lowest BCUT2D eigenvalue weighted by Gasteiger charge is -2.36. The van der Waals surface area contributed by atoms with E-state index in [9.17, 15) is 8.42 Å². The van der Waals surface area contributed by atoms with Gasteiger partial charge in [-0.05, 0) is 13.8 Å². The van der Waals surface area contributed by atoms with Gasteiger partial charge in [0.2, 0.25) is 0 Å². The second kappa shape index (κ2) is 5.92. The molecular formula is C9H21N3O3S. The smallest absolute Gasteiger partial charge is 0.279 e. The zero-order valence-corrected chi connectivity index (χ0v) is 10.9. The SMILES string of the molecule is COCCNS(=O)(=O)N1CC(C)NCC1C. The van der Waals surface area contributed by atoms with Crippen molar-refractivity contribution in [3.05, 3.63) is 0 Å².